The molecule has 0 aliphatic carbocycles. The van der Waals surface area contributed by atoms with Crippen molar-refractivity contribution in [3.8, 4) is 0 Å². The SMILES string of the molecule is C1CSOCP1. The van der Waals surface area contributed by atoms with E-state index in [9.17, 15) is 0 Å². The molecule has 36 valence electrons. The summed E-state index contributed by atoms with van der Waals surface area (Å²) in [6.07, 6.45) is 2.36. The lowest BCUT2D eigenvalue weighted by atomic mass is 11.0. The molecule has 0 radical (unpaired) electrons. The van der Waals surface area contributed by atoms with Gasteiger partial charge in [-0.1, -0.05) is 8.58 Å². The molecule has 0 aromatic rings. The summed E-state index contributed by atoms with van der Waals surface area (Å²) >= 11 is 1.60. The van der Waals surface area contributed by atoms with E-state index in [-0.39, 0.29) is 0 Å². The molecule has 1 unspecified atom stereocenters. The number of hydrogen-bond donors (Lipinski definition) is 0. The Morgan fingerprint density at radius 3 is 2.83 bits per heavy atom. The maximum atomic E-state index is 5.00. The zero-order valence-electron chi connectivity index (χ0n) is 3.44. The molecule has 1 aliphatic rings. The Labute approximate surface area is 43.8 Å². The van der Waals surface area contributed by atoms with E-state index in [0.29, 0.717) is 0 Å². The first-order chi connectivity index (χ1) is 3.00. The summed E-state index contributed by atoms with van der Waals surface area (Å²) < 4.78 is 5.00. The average Bonchev–Trinajstić information content (AvgIpc) is 1.72. The van der Waals surface area contributed by atoms with Crippen LogP contribution in [-0.4, -0.2) is 18.3 Å². The topological polar surface area (TPSA) is 9.23 Å². The van der Waals surface area contributed by atoms with Crippen molar-refractivity contribution in [2.24, 2.45) is 0 Å². The zero-order chi connectivity index (χ0) is 4.24. The molecular weight excluding hydrogens is 115 g/mol. The molecule has 0 bridgehead atoms. The number of hydrogen-bond acceptors (Lipinski definition) is 2. The van der Waals surface area contributed by atoms with Gasteiger partial charge in [0.2, 0.25) is 0 Å². The van der Waals surface area contributed by atoms with Crippen LogP contribution in [0.5, 0.6) is 0 Å². The Morgan fingerprint density at radius 1 is 1.67 bits per heavy atom. The Kier molecular flexibility index (Phi) is 2.31. The summed E-state index contributed by atoms with van der Waals surface area (Å²) in [6.45, 7) is 0. The maximum absolute atomic E-state index is 5.00. The molecule has 0 spiro atoms. The lowest BCUT2D eigenvalue weighted by Gasteiger charge is -2.06. The van der Waals surface area contributed by atoms with Gasteiger partial charge in [0.05, 0.1) is 6.35 Å². The van der Waals surface area contributed by atoms with Crippen LogP contribution in [0.25, 0.3) is 0 Å². The Morgan fingerprint density at radius 2 is 2.67 bits per heavy atom. The summed E-state index contributed by atoms with van der Waals surface area (Å²) in [5.41, 5.74) is 0. The summed E-state index contributed by atoms with van der Waals surface area (Å²) in [4.78, 5) is 0. The molecule has 0 amide bonds. The predicted molar refractivity (Wildman–Crippen MR) is 31.6 cm³/mol. The van der Waals surface area contributed by atoms with E-state index in [1.165, 1.54) is 11.9 Å². The zero-order valence-corrected chi connectivity index (χ0v) is 5.25. The summed E-state index contributed by atoms with van der Waals surface area (Å²) in [7, 11) is 1.06. The van der Waals surface area contributed by atoms with Crippen molar-refractivity contribution in [3.63, 3.8) is 0 Å². The highest BCUT2D eigenvalue weighted by Crippen LogP contribution is 2.22. The van der Waals surface area contributed by atoms with Crippen LogP contribution in [0.15, 0.2) is 0 Å². The van der Waals surface area contributed by atoms with E-state index in [0.717, 1.165) is 14.9 Å². The smallest absolute Gasteiger partial charge is 0.0778 e. The molecule has 0 aromatic heterocycles. The molecule has 0 N–H and O–H groups in total. The summed E-state index contributed by atoms with van der Waals surface area (Å²) in [6, 6.07) is 0. The second-order valence-corrected chi connectivity index (χ2v) is 3.25. The van der Waals surface area contributed by atoms with Gasteiger partial charge >= 0.3 is 0 Å². The van der Waals surface area contributed by atoms with Crippen LogP contribution in [0, 0.1) is 0 Å². The molecule has 1 fully saturated rings. The molecule has 1 nitrogen and oxygen atoms in total. The molecule has 0 aromatic carbocycles. The van der Waals surface area contributed by atoms with Crippen LogP contribution >= 0.6 is 20.6 Å². The largest absolute Gasteiger partial charge is 0.311 e. The van der Waals surface area contributed by atoms with Gasteiger partial charge in [-0.3, -0.25) is 0 Å². The molecule has 1 atom stereocenters. The molecule has 3 heteroatoms. The molecule has 1 rings (SSSR count). The van der Waals surface area contributed by atoms with E-state index >= 15 is 0 Å². The first-order valence-corrected chi connectivity index (χ1v) is 4.28. The van der Waals surface area contributed by atoms with Gasteiger partial charge in [-0.05, 0) is 18.2 Å². The first-order valence-electron chi connectivity index (χ1n) is 1.95. The van der Waals surface area contributed by atoms with Crippen LogP contribution in [0.3, 0.4) is 0 Å². The van der Waals surface area contributed by atoms with Gasteiger partial charge < -0.3 is 4.18 Å². The molecular formula is C3H7OPS. The van der Waals surface area contributed by atoms with Crippen LogP contribution in [0.4, 0.5) is 0 Å². The average molecular weight is 122 g/mol. The van der Waals surface area contributed by atoms with Gasteiger partial charge in [0, 0.05) is 5.75 Å². The van der Waals surface area contributed by atoms with Crippen LogP contribution in [0.2, 0.25) is 0 Å². The highest BCUT2D eigenvalue weighted by molar-refractivity contribution is 7.95. The fraction of sp³-hybridized carbons (Fsp3) is 1.00. The monoisotopic (exact) mass is 122 g/mol. The first kappa shape index (κ1) is 4.89. The Balaban J connectivity index is 2.00. The lowest BCUT2D eigenvalue weighted by molar-refractivity contribution is 0.458. The van der Waals surface area contributed by atoms with Gasteiger partial charge in [-0.2, -0.15) is 0 Å². The molecule has 1 aliphatic heterocycles. The van der Waals surface area contributed by atoms with Crippen molar-refractivity contribution in [1.29, 1.82) is 0 Å². The third-order valence-electron chi connectivity index (χ3n) is 0.606. The van der Waals surface area contributed by atoms with Crippen molar-refractivity contribution in [1.82, 2.24) is 0 Å². The predicted octanol–water partition coefficient (Wildman–Crippen LogP) is 1.30. The minimum atomic E-state index is 0.991. The van der Waals surface area contributed by atoms with Crippen molar-refractivity contribution in [2.45, 2.75) is 0 Å². The quantitative estimate of drug-likeness (QED) is 0.354. The standard InChI is InChI=1S/C3H7OPS/c1-2-6-4-3-5-1/h5H,1-3H2. The van der Waals surface area contributed by atoms with Gasteiger partial charge in [0.1, 0.15) is 0 Å². The van der Waals surface area contributed by atoms with Crippen molar-refractivity contribution < 1.29 is 4.18 Å². The van der Waals surface area contributed by atoms with Crippen LogP contribution in [0.1, 0.15) is 0 Å². The highest BCUT2D eigenvalue weighted by Gasteiger charge is 1.95. The minimum absolute atomic E-state index is 0.991. The third-order valence-corrected chi connectivity index (χ3v) is 2.79. The van der Waals surface area contributed by atoms with Gasteiger partial charge in [0.15, 0.2) is 0 Å². The lowest BCUT2D eigenvalue weighted by Crippen LogP contribution is -1.92. The Hall–Kier alpha value is 0.740. The maximum Gasteiger partial charge on any atom is 0.0778 e. The Bertz CT molecular complexity index is 26.3. The minimum Gasteiger partial charge on any atom is -0.311 e. The van der Waals surface area contributed by atoms with E-state index in [4.69, 9.17) is 4.18 Å². The number of rotatable bonds is 0. The normalized spacial score (nSPS) is 28.0. The fourth-order valence-electron chi connectivity index (χ4n) is 0.328. The molecule has 6 heavy (non-hydrogen) atoms. The van der Waals surface area contributed by atoms with E-state index < -0.39 is 0 Å². The fourth-order valence-corrected chi connectivity index (χ4v) is 2.17. The highest BCUT2D eigenvalue weighted by atomic mass is 32.2. The van der Waals surface area contributed by atoms with E-state index in [1.54, 1.807) is 12.0 Å². The van der Waals surface area contributed by atoms with Crippen molar-refractivity contribution in [2.75, 3.05) is 18.3 Å². The second kappa shape index (κ2) is 2.84. The summed E-state index contributed by atoms with van der Waals surface area (Å²) in [5.74, 6) is 1.21. The van der Waals surface area contributed by atoms with Gasteiger partial charge in [-0.25, -0.2) is 0 Å². The third kappa shape index (κ3) is 1.46. The van der Waals surface area contributed by atoms with Gasteiger partial charge in [0.25, 0.3) is 0 Å². The van der Waals surface area contributed by atoms with Gasteiger partial charge in [-0.15, -0.1) is 0 Å². The molecule has 1 saturated heterocycles. The van der Waals surface area contributed by atoms with Crippen molar-refractivity contribution >= 4 is 20.6 Å². The van der Waals surface area contributed by atoms with E-state index in [1.807, 2.05) is 0 Å². The van der Waals surface area contributed by atoms with Crippen LogP contribution < -0.4 is 0 Å². The van der Waals surface area contributed by atoms with Crippen LogP contribution in [-0.2, 0) is 4.18 Å². The summed E-state index contributed by atoms with van der Waals surface area (Å²) in [5, 5.41) is 0. The molecule has 1 heterocycles. The molecule has 0 saturated carbocycles. The van der Waals surface area contributed by atoms with Crippen molar-refractivity contribution in [3.05, 3.63) is 0 Å². The second-order valence-electron chi connectivity index (χ2n) is 1.08. The van der Waals surface area contributed by atoms with E-state index in [2.05, 4.69) is 0 Å².